The third-order valence-corrected chi connectivity index (χ3v) is 10.6. The molecule has 0 radical (unpaired) electrons. The molecule has 0 N–H and O–H groups in total. The van der Waals surface area contributed by atoms with Gasteiger partial charge in [0.1, 0.15) is 0 Å². The van der Waals surface area contributed by atoms with E-state index in [-0.39, 0.29) is 0 Å². The van der Waals surface area contributed by atoms with Gasteiger partial charge in [-0.1, -0.05) is 170 Å². The summed E-state index contributed by atoms with van der Waals surface area (Å²) in [5, 5.41) is 13.3. The average molecular weight is 785 g/mol. The van der Waals surface area contributed by atoms with Crippen LogP contribution in [0.15, 0.2) is 199 Å². The molecule has 61 heavy (non-hydrogen) atoms. The van der Waals surface area contributed by atoms with Crippen LogP contribution >= 0.6 is 0 Å². The van der Waals surface area contributed by atoms with E-state index in [4.69, 9.17) is 34.3 Å². The molecule has 0 aliphatic carbocycles. The minimum absolute atomic E-state index is 0.360. The Morgan fingerprint density at radius 3 is 1.05 bits per heavy atom. The summed E-state index contributed by atoms with van der Waals surface area (Å²) < 4.78 is 6.38. The van der Waals surface area contributed by atoms with Gasteiger partial charge >= 0.3 is 0 Å². The molecule has 0 unspecified atom stereocenters. The SMILES string of the molecule is c1ccc(-c2nc(-c3cccc(-c4nnc(-c5cccc(-c6nc(-c7ccccc7)nc(-c7cccc8ccccc78)n6)c5)o4)c3)nc(-c3cccc4ccccc34)n2)cc1. The summed E-state index contributed by atoms with van der Waals surface area (Å²) in [5.74, 6) is 4.11. The molecular formula is C52H32N8O. The van der Waals surface area contributed by atoms with Crippen LogP contribution in [0.25, 0.3) is 113 Å². The molecule has 0 saturated heterocycles. The van der Waals surface area contributed by atoms with E-state index in [0.29, 0.717) is 46.7 Å². The maximum Gasteiger partial charge on any atom is 0.248 e. The first-order chi connectivity index (χ1) is 30.2. The van der Waals surface area contributed by atoms with Gasteiger partial charge in [-0.15, -0.1) is 10.2 Å². The minimum Gasteiger partial charge on any atom is -0.416 e. The van der Waals surface area contributed by atoms with E-state index in [1.807, 2.05) is 146 Å². The zero-order valence-corrected chi connectivity index (χ0v) is 32.5. The van der Waals surface area contributed by atoms with E-state index < -0.39 is 0 Å². The second-order valence-electron chi connectivity index (χ2n) is 14.5. The Bertz CT molecular complexity index is 3150. The molecule has 0 fully saturated rings. The number of aromatic nitrogens is 8. The van der Waals surface area contributed by atoms with Crippen molar-refractivity contribution >= 4 is 21.5 Å². The molecule has 0 spiro atoms. The Hall–Kier alpha value is -8.56. The van der Waals surface area contributed by atoms with Crippen molar-refractivity contribution < 1.29 is 4.42 Å². The summed E-state index contributed by atoms with van der Waals surface area (Å²) in [4.78, 5) is 30.0. The third kappa shape index (κ3) is 6.96. The summed E-state index contributed by atoms with van der Waals surface area (Å²) in [6, 6.07) is 64.4. The number of benzene rings is 8. The molecular weight excluding hydrogens is 753 g/mol. The minimum atomic E-state index is 0.360. The second kappa shape index (κ2) is 15.3. The molecule has 3 heterocycles. The fraction of sp³-hybridized carbons (Fsp3) is 0. The van der Waals surface area contributed by atoms with Crippen LogP contribution in [0.2, 0.25) is 0 Å². The summed E-state index contributed by atoms with van der Waals surface area (Å²) in [5.41, 5.74) is 6.67. The lowest BCUT2D eigenvalue weighted by Crippen LogP contribution is -2.00. The fourth-order valence-corrected chi connectivity index (χ4v) is 7.56. The number of nitrogens with zero attached hydrogens (tertiary/aromatic N) is 8. The smallest absolute Gasteiger partial charge is 0.248 e. The molecule has 8 aromatic carbocycles. The molecule has 0 aliphatic heterocycles. The lowest BCUT2D eigenvalue weighted by Gasteiger charge is -2.10. The van der Waals surface area contributed by atoms with E-state index in [9.17, 15) is 0 Å². The van der Waals surface area contributed by atoms with Crippen LogP contribution in [0.4, 0.5) is 0 Å². The van der Waals surface area contributed by atoms with Crippen molar-refractivity contribution in [2.45, 2.75) is 0 Å². The maximum absolute atomic E-state index is 6.38. The number of hydrogen-bond donors (Lipinski definition) is 0. The Labute approximate surface area is 350 Å². The normalized spacial score (nSPS) is 11.3. The molecule has 3 aromatic heterocycles. The van der Waals surface area contributed by atoms with Crippen molar-refractivity contribution in [2.75, 3.05) is 0 Å². The van der Waals surface area contributed by atoms with Gasteiger partial charge in [-0.25, -0.2) is 29.9 Å². The highest BCUT2D eigenvalue weighted by Gasteiger charge is 2.19. The molecule has 9 nitrogen and oxygen atoms in total. The predicted molar refractivity (Wildman–Crippen MR) is 240 cm³/mol. The van der Waals surface area contributed by atoms with E-state index in [1.54, 1.807) is 0 Å². The summed E-state index contributed by atoms with van der Waals surface area (Å²) >= 11 is 0. The van der Waals surface area contributed by atoms with E-state index in [1.165, 1.54) is 0 Å². The predicted octanol–water partition coefficient (Wildman–Crippen LogP) is 12.1. The van der Waals surface area contributed by atoms with Crippen molar-refractivity contribution in [3.05, 3.63) is 194 Å². The Morgan fingerprint density at radius 1 is 0.262 bits per heavy atom. The van der Waals surface area contributed by atoms with Crippen LogP contribution in [0.1, 0.15) is 0 Å². The van der Waals surface area contributed by atoms with Crippen molar-refractivity contribution in [1.29, 1.82) is 0 Å². The monoisotopic (exact) mass is 784 g/mol. The Balaban J connectivity index is 0.959. The van der Waals surface area contributed by atoms with Crippen molar-refractivity contribution in [1.82, 2.24) is 40.1 Å². The lowest BCUT2D eigenvalue weighted by molar-refractivity contribution is 0.584. The van der Waals surface area contributed by atoms with E-state index in [0.717, 1.165) is 66.1 Å². The van der Waals surface area contributed by atoms with Crippen molar-refractivity contribution in [3.63, 3.8) is 0 Å². The van der Waals surface area contributed by atoms with E-state index in [2.05, 4.69) is 58.7 Å². The summed E-state index contributed by atoms with van der Waals surface area (Å²) in [7, 11) is 0. The molecule has 9 heteroatoms. The van der Waals surface area contributed by atoms with Gasteiger partial charge in [0.05, 0.1) is 0 Å². The van der Waals surface area contributed by atoms with Crippen LogP contribution in [-0.4, -0.2) is 40.1 Å². The average Bonchev–Trinajstić information content (AvgIpc) is 3.85. The van der Waals surface area contributed by atoms with Crippen LogP contribution in [0.3, 0.4) is 0 Å². The largest absolute Gasteiger partial charge is 0.416 e. The highest BCUT2D eigenvalue weighted by molar-refractivity contribution is 5.96. The molecule has 286 valence electrons. The highest BCUT2D eigenvalue weighted by Crippen LogP contribution is 2.34. The van der Waals surface area contributed by atoms with Crippen molar-refractivity contribution in [2.24, 2.45) is 0 Å². The first-order valence-corrected chi connectivity index (χ1v) is 19.8. The Morgan fingerprint density at radius 2 is 0.590 bits per heavy atom. The van der Waals surface area contributed by atoms with Gasteiger partial charge in [0, 0.05) is 44.5 Å². The molecule has 11 aromatic rings. The molecule has 0 bridgehead atoms. The first-order valence-electron chi connectivity index (χ1n) is 19.8. The first kappa shape index (κ1) is 35.6. The summed E-state index contributed by atoms with van der Waals surface area (Å²) in [6.07, 6.45) is 0. The standard InChI is InChI=1S/C52H32N8O/c1-3-17-35(18-4-1)45-53-47(57-49(55-45)43-29-13-21-33-15-7-9-27-41(33)43)37-23-11-25-39(31-37)51-59-60-52(61-51)40-26-12-24-38(32-40)48-54-46(36-19-5-2-6-20-36)56-50(58-48)44-30-14-22-34-16-8-10-28-42(34)44/h1-32H. The number of fused-ring (bicyclic) bond motifs is 2. The third-order valence-electron chi connectivity index (χ3n) is 10.6. The van der Waals surface area contributed by atoms with Gasteiger partial charge < -0.3 is 4.42 Å². The Kier molecular flexibility index (Phi) is 8.94. The van der Waals surface area contributed by atoms with Crippen LogP contribution in [-0.2, 0) is 0 Å². The molecule has 0 atom stereocenters. The van der Waals surface area contributed by atoms with Gasteiger partial charge in [-0.3, -0.25) is 0 Å². The van der Waals surface area contributed by atoms with Gasteiger partial charge in [0.2, 0.25) is 11.8 Å². The topological polar surface area (TPSA) is 116 Å². The second-order valence-corrected chi connectivity index (χ2v) is 14.5. The number of hydrogen-bond acceptors (Lipinski definition) is 9. The van der Waals surface area contributed by atoms with E-state index >= 15 is 0 Å². The number of rotatable bonds is 8. The zero-order valence-electron chi connectivity index (χ0n) is 32.5. The fourth-order valence-electron chi connectivity index (χ4n) is 7.56. The van der Waals surface area contributed by atoms with Crippen LogP contribution < -0.4 is 0 Å². The van der Waals surface area contributed by atoms with Crippen LogP contribution in [0, 0.1) is 0 Å². The molecule has 0 saturated carbocycles. The quantitative estimate of drug-likeness (QED) is 0.148. The zero-order chi connectivity index (χ0) is 40.5. The van der Waals surface area contributed by atoms with Gasteiger partial charge in [-0.2, -0.15) is 0 Å². The molecule has 0 aliphatic rings. The van der Waals surface area contributed by atoms with Gasteiger partial charge in [0.15, 0.2) is 34.9 Å². The van der Waals surface area contributed by atoms with Crippen molar-refractivity contribution in [3.8, 4) is 91.2 Å². The molecule has 0 amide bonds. The maximum atomic E-state index is 6.38. The van der Waals surface area contributed by atoms with Gasteiger partial charge in [0.25, 0.3) is 0 Å². The lowest BCUT2D eigenvalue weighted by atomic mass is 10.0. The van der Waals surface area contributed by atoms with Crippen LogP contribution in [0.5, 0.6) is 0 Å². The highest BCUT2D eigenvalue weighted by atomic mass is 16.4. The molecule has 11 rings (SSSR count). The summed E-state index contributed by atoms with van der Waals surface area (Å²) in [6.45, 7) is 0. The van der Waals surface area contributed by atoms with Gasteiger partial charge in [-0.05, 0) is 45.8 Å².